The average Bonchev–Trinajstić information content (AvgIpc) is 2.41. The predicted molar refractivity (Wildman–Crippen MR) is 87.0 cm³/mol. The molecule has 2 nitrogen and oxygen atoms in total. The van der Waals surface area contributed by atoms with Gasteiger partial charge in [-0.2, -0.15) is 0 Å². The van der Waals surface area contributed by atoms with Crippen LogP contribution in [-0.2, 0) is 6.42 Å². The van der Waals surface area contributed by atoms with Gasteiger partial charge in [0.2, 0.25) is 0 Å². The van der Waals surface area contributed by atoms with Gasteiger partial charge in [0.1, 0.15) is 0 Å². The molecule has 1 aromatic carbocycles. The third-order valence-electron chi connectivity index (χ3n) is 3.21. The first-order chi connectivity index (χ1) is 9.56. The molecule has 106 valence electrons. The fourth-order valence-corrected chi connectivity index (χ4v) is 2.19. The van der Waals surface area contributed by atoms with E-state index in [9.17, 15) is 0 Å². The van der Waals surface area contributed by atoms with Gasteiger partial charge in [-0.3, -0.25) is 4.98 Å². The van der Waals surface area contributed by atoms with E-state index in [4.69, 9.17) is 0 Å². The topological polar surface area (TPSA) is 24.9 Å². The van der Waals surface area contributed by atoms with E-state index in [-0.39, 0.29) is 5.54 Å². The van der Waals surface area contributed by atoms with Gasteiger partial charge in [0.25, 0.3) is 0 Å². The predicted octanol–water partition coefficient (Wildman–Crippen LogP) is 4.11. The number of hydrogen-bond acceptors (Lipinski definition) is 2. The summed E-state index contributed by atoms with van der Waals surface area (Å²) in [4.78, 5) is 4.39. The Hall–Kier alpha value is -1.67. The van der Waals surface area contributed by atoms with Gasteiger partial charge in [0, 0.05) is 17.1 Å². The molecule has 0 unspecified atom stereocenters. The molecule has 1 aromatic heterocycles. The zero-order valence-electron chi connectivity index (χ0n) is 12.7. The molecule has 2 rings (SSSR count). The van der Waals surface area contributed by atoms with E-state index in [2.05, 4.69) is 67.5 Å². The summed E-state index contributed by atoms with van der Waals surface area (Å²) in [6.45, 7) is 7.61. The van der Waals surface area contributed by atoms with Crippen molar-refractivity contribution in [1.82, 2.24) is 10.3 Å². The molecular formula is C18H24N2. The molecule has 0 bridgehead atoms. The lowest BCUT2D eigenvalue weighted by Gasteiger charge is -2.19. The number of aromatic nitrogens is 1. The summed E-state index contributed by atoms with van der Waals surface area (Å²) in [6.07, 6.45) is 8.45. The minimum atomic E-state index is 0.204. The second kappa shape index (κ2) is 6.67. The summed E-state index contributed by atoms with van der Waals surface area (Å²) < 4.78 is 0. The maximum absolute atomic E-state index is 4.39. The van der Waals surface area contributed by atoms with E-state index in [1.165, 1.54) is 10.9 Å². The Morgan fingerprint density at radius 1 is 1.10 bits per heavy atom. The third kappa shape index (κ3) is 4.46. The summed E-state index contributed by atoms with van der Waals surface area (Å²) in [5.41, 5.74) is 2.62. The standard InChI is InChI=1S/C18H24N2/c1-18(2,3)20-13-8-4-5-9-15-12-14-19-17-11-7-6-10-16(15)17/h4-7,10-12,14,20H,8-9,13H2,1-3H3. The third-order valence-corrected chi connectivity index (χ3v) is 3.21. The van der Waals surface area contributed by atoms with Crippen molar-refractivity contribution in [1.29, 1.82) is 0 Å². The molecule has 0 aliphatic heterocycles. The highest BCUT2D eigenvalue weighted by molar-refractivity contribution is 5.81. The lowest BCUT2D eigenvalue weighted by Crippen LogP contribution is -2.36. The van der Waals surface area contributed by atoms with Crippen LogP contribution >= 0.6 is 0 Å². The Morgan fingerprint density at radius 3 is 2.70 bits per heavy atom. The SMILES string of the molecule is CC(C)(C)NCCC=CCc1ccnc2ccccc12. The largest absolute Gasteiger partial charge is 0.312 e. The van der Waals surface area contributed by atoms with Crippen molar-refractivity contribution in [2.24, 2.45) is 0 Å². The van der Waals surface area contributed by atoms with E-state index >= 15 is 0 Å². The van der Waals surface area contributed by atoms with Gasteiger partial charge < -0.3 is 5.32 Å². The number of para-hydroxylation sites is 1. The van der Waals surface area contributed by atoms with E-state index in [0.29, 0.717) is 0 Å². The maximum atomic E-state index is 4.39. The van der Waals surface area contributed by atoms with E-state index < -0.39 is 0 Å². The smallest absolute Gasteiger partial charge is 0.0704 e. The van der Waals surface area contributed by atoms with E-state index in [0.717, 1.165) is 24.9 Å². The van der Waals surface area contributed by atoms with Crippen molar-refractivity contribution in [3.05, 3.63) is 54.2 Å². The molecule has 1 heterocycles. The van der Waals surface area contributed by atoms with Crippen LogP contribution in [-0.4, -0.2) is 17.1 Å². The van der Waals surface area contributed by atoms with Crippen molar-refractivity contribution in [3.8, 4) is 0 Å². The fraction of sp³-hybridized carbons (Fsp3) is 0.389. The van der Waals surface area contributed by atoms with Crippen LogP contribution < -0.4 is 5.32 Å². The van der Waals surface area contributed by atoms with Crippen molar-refractivity contribution in [2.75, 3.05) is 6.54 Å². The molecule has 0 radical (unpaired) electrons. The van der Waals surface area contributed by atoms with Crippen molar-refractivity contribution in [3.63, 3.8) is 0 Å². The zero-order valence-corrected chi connectivity index (χ0v) is 12.7. The number of benzene rings is 1. The maximum Gasteiger partial charge on any atom is 0.0704 e. The quantitative estimate of drug-likeness (QED) is 0.652. The fourth-order valence-electron chi connectivity index (χ4n) is 2.19. The van der Waals surface area contributed by atoms with E-state index in [1.807, 2.05) is 12.3 Å². The van der Waals surface area contributed by atoms with Crippen LogP contribution in [0.1, 0.15) is 32.8 Å². The summed E-state index contributed by atoms with van der Waals surface area (Å²) in [5.74, 6) is 0. The van der Waals surface area contributed by atoms with Crippen LogP contribution in [0.5, 0.6) is 0 Å². The molecule has 0 spiro atoms. The van der Waals surface area contributed by atoms with Gasteiger partial charge in [-0.25, -0.2) is 0 Å². The van der Waals surface area contributed by atoms with Crippen LogP contribution in [0.25, 0.3) is 10.9 Å². The van der Waals surface area contributed by atoms with Gasteiger partial charge in [0.05, 0.1) is 5.52 Å². The molecule has 0 fully saturated rings. The second-order valence-corrected chi connectivity index (χ2v) is 6.13. The lowest BCUT2D eigenvalue weighted by molar-refractivity contribution is 0.431. The Balaban J connectivity index is 1.90. The van der Waals surface area contributed by atoms with E-state index in [1.54, 1.807) is 0 Å². The molecule has 0 saturated heterocycles. The van der Waals surface area contributed by atoms with Crippen LogP contribution in [0.3, 0.4) is 0 Å². The molecule has 2 aromatic rings. The first kappa shape index (κ1) is 14.7. The summed E-state index contributed by atoms with van der Waals surface area (Å²) in [7, 11) is 0. The van der Waals surface area contributed by atoms with Gasteiger partial charge in [-0.1, -0.05) is 30.4 Å². The average molecular weight is 268 g/mol. The normalized spacial score (nSPS) is 12.3. The number of nitrogens with zero attached hydrogens (tertiary/aromatic N) is 1. The molecule has 0 atom stereocenters. The summed E-state index contributed by atoms with van der Waals surface area (Å²) in [6, 6.07) is 10.4. The summed E-state index contributed by atoms with van der Waals surface area (Å²) >= 11 is 0. The molecular weight excluding hydrogens is 244 g/mol. The van der Waals surface area contributed by atoms with Crippen molar-refractivity contribution < 1.29 is 0 Å². The van der Waals surface area contributed by atoms with Crippen molar-refractivity contribution in [2.45, 2.75) is 39.2 Å². The number of rotatable bonds is 5. The van der Waals surface area contributed by atoms with Crippen LogP contribution in [0.2, 0.25) is 0 Å². The highest BCUT2D eigenvalue weighted by atomic mass is 14.9. The Kier molecular flexibility index (Phi) is 4.91. The highest BCUT2D eigenvalue weighted by Gasteiger charge is 2.06. The highest BCUT2D eigenvalue weighted by Crippen LogP contribution is 2.16. The van der Waals surface area contributed by atoms with Crippen LogP contribution in [0.4, 0.5) is 0 Å². The molecule has 0 amide bonds. The first-order valence-electron chi connectivity index (χ1n) is 7.29. The number of pyridine rings is 1. The lowest BCUT2D eigenvalue weighted by atomic mass is 10.1. The first-order valence-corrected chi connectivity index (χ1v) is 7.29. The van der Waals surface area contributed by atoms with Gasteiger partial charge in [0.15, 0.2) is 0 Å². The number of allylic oxidation sites excluding steroid dienone is 1. The summed E-state index contributed by atoms with van der Waals surface area (Å²) in [5, 5.41) is 4.75. The Morgan fingerprint density at radius 2 is 1.90 bits per heavy atom. The molecule has 20 heavy (non-hydrogen) atoms. The van der Waals surface area contributed by atoms with Gasteiger partial charge in [-0.15, -0.1) is 0 Å². The van der Waals surface area contributed by atoms with Crippen LogP contribution in [0, 0.1) is 0 Å². The second-order valence-electron chi connectivity index (χ2n) is 6.13. The molecule has 2 heteroatoms. The van der Waals surface area contributed by atoms with Gasteiger partial charge in [-0.05, 0) is 57.9 Å². The number of hydrogen-bond donors (Lipinski definition) is 1. The molecule has 0 saturated carbocycles. The Labute approximate surface area is 121 Å². The minimum Gasteiger partial charge on any atom is -0.312 e. The molecule has 0 aliphatic carbocycles. The Bertz CT molecular complexity index is 574. The monoisotopic (exact) mass is 268 g/mol. The van der Waals surface area contributed by atoms with Gasteiger partial charge >= 0.3 is 0 Å². The molecule has 0 aliphatic rings. The molecule has 1 N–H and O–H groups in total. The van der Waals surface area contributed by atoms with Crippen molar-refractivity contribution >= 4 is 10.9 Å². The minimum absolute atomic E-state index is 0.204. The van der Waals surface area contributed by atoms with Crippen LogP contribution in [0.15, 0.2) is 48.7 Å². The number of fused-ring (bicyclic) bond motifs is 1. The zero-order chi connectivity index (χ0) is 14.4. The number of nitrogens with one attached hydrogen (secondary N) is 1.